The molecule has 0 rings (SSSR count). The molecule has 0 atom stereocenters. The fourth-order valence-electron chi connectivity index (χ4n) is 2.63. The van der Waals surface area contributed by atoms with Gasteiger partial charge in [0.2, 0.25) is 0 Å². The maximum Gasteiger partial charge on any atom is 0.303 e. The van der Waals surface area contributed by atoms with E-state index in [9.17, 15) is 4.79 Å². The van der Waals surface area contributed by atoms with Crippen LogP contribution in [0.4, 0.5) is 0 Å². The quantitative estimate of drug-likeness (QED) is 0.317. The SMILES string of the molecule is CCCCCCCCCCCCCCOCCCCC(=O)O. The number of unbranched alkanes of at least 4 members (excludes halogenated alkanes) is 12. The number of aliphatic carboxylic acids is 1. The molecule has 0 heterocycles. The van der Waals surface area contributed by atoms with E-state index in [4.69, 9.17) is 9.84 Å². The van der Waals surface area contributed by atoms with Crippen molar-refractivity contribution in [2.45, 2.75) is 103 Å². The molecule has 3 heteroatoms. The molecule has 22 heavy (non-hydrogen) atoms. The van der Waals surface area contributed by atoms with Gasteiger partial charge in [0, 0.05) is 19.6 Å². The van der Waals surface area contributed by atoms with Crippen molar-refractivity contribution in [1.29, 1.82) is 0 Å². The van der Waals surface area contributed by atoms with Gasteiger partial charge in [-0.2, -0.15) is 0 Å². The molecule has 3 nitrogen and oxygen atoms in total. The van der Waals surface area contributed by atoms with Crippen molar-refractivity contribution in [3.8, 4) is 0 Å². The van der Waals surface area contributed by atoms with Crippen LogP contribution in [0.15, 0.2) is 0 Å². The van der Waals surface area contributed by atoms with Crippen molar-refractivity contribution in [2.24, 2.45) is 0 Å². The summed E-state index contributed by atoms with van der Waals surface area (Å²) in [5.41, 5.74) is 0. The Morgan fingerprint density at radius 1 is 0.682 bits per heavy atom. The van der Waals surface area contributed by atoms with Gasteiger partial charge in [-0.25, -0.2) is 0 Å². The van der Waals surface area contributed by atoms with Gasteiger partial charge in [-0.3, -0.25) is 4.79 Å². The lowest BCUT2D eigenvalue weighted by Gasteiger charge is -2.04. The summed E-state index contributed by atoms with van der Waals surface area (Å²) in [6.07, 6.45) is 18.2. The van der Waals surface area contributed by atoms with Crippen LogP contribution in [0.2, 0.25) is 0 Å². The molecule has 0 aromatic heterocycles. The Kier molecular flexibility index (Phi) is 18.0. The van der Waals surface area contributed by atoms with Crippen molar-refractivity contribution in [1.82, 2.24) is 0 Å². The number of carboxylic acid groups (broad SMARTS) is 1. The summed E-state index contributed by atoms with van der Waals surface area (Å²) in [4.78, 5) is 10.3. The highest BCUT2D eigenvalue weighted by atomic mass is 16.5. The number of carboxylic acids is 1. The first-order chi connectivity index (χ1) is 10.8. The van der Waals surface area contributed by atoms with Crippen LogP contribution in [-0.2, 0) is 9.53 Å². The molecular weight excluding hydrogens is 276 g/mol. The van der Waals surface area contributed by atoms with E-state index in [1.54, 1.807) is 0 Å². The molecule has 0 aliphatic rings. The van der Waals surface area contributed by atoms with Crippen LogP contribution in [0, 0.1) is 0 Å². The molecule has 0 fully saturated rings. The smallest absolute Gasteiger partial charge is 0.303 e. The maximum atomic E-state index is 10.3. The predicted octanol–water partition coefficient (Wildman–Crippen LogP) is 5.96. The van der Waals surface area contributed by atoms with E-state index in [1.807, 2.05) is 0 Å². The van der Waals surface area contributed by atoms with Crippen LogP contribution in [-0.4, -0.2) is 24.3 Å². The van der Waals surface area contributed by atoms with E-state index in [0.29, 0.717) is 6.61 Å². The third-order valence-electron chi connectivity index (χ3n) is 4.07. The molecule has 0 aromatic carbocycles. The molecule has 0 aliphatic carbocycles. The summed E-state index contributed by atoms with van der Waals surface area (Å²) in [5.74, 6) is -0.707. The molecule has 0 aliphatic heterocycles. The second kappa shape index (κ2) is 18.5. The maximum absolute atomic E-state index is 10.3. The highest BCUT2D eigenvalue weighted by Crippen LogP contribution is 2.11. The summed E-state index contributed by atoms with van der Waals surface area (Å²) in [7, 11) is 0. The van der Waals surface area contributed by atoms with Gasteiger partial charge < -0.3 is 9.84 Å². The van der Waals surface area contributed by atoms with Crippen LogP contribution in [0.5, 0.6) is 0 Å². The normalized spacial score (nSPS) is 11.0. The lowest BCUT2D eigenvalue weighted by molar-refractivity contribution is -0.137. The van der Waals surface area contributed by atoms with Gasteiger partial charge >= 0.3 is 5.97 Å². The van der Waals surface area contributed by atoms with E-state index in [1.165, 1.54) is 70.6 Å². The van der Waals surface area contributed by atoms with Crippen molar-refractivity contribution in [3.05, 3.63) is 0 Å². The average molecular weight is 315 g/mol. The molecule has 0 unspecified atom stereocenters. The molecule has 0 aromatic rings. The van der Waals surface area contributed by atoms with Crippen LogP contribution in [0.25, 0.3) is 0 Å². The molecule has 0 bridgehead atoms. The first kappa shape index (κ1) is 21.4. The van der Waals surface area contributed by atoms with Crippen molar-refractivity contribution < 1.29 is 14.6 Å². The van der Waals surface area contributed by atoms with Gasteiger partial charge in [0.15, 0.2) is 0 Å². The third kappa shape index (κ3) is 19.4. The Morgan fingerprint density at radius 2 is 1.09 bits per heavy atom. The molecule has 132 valence electrons. The second-order valence-corrected chi connectivity index (χ2v) is 6.35. The fourth-order valence-corrected chi connectivity index (χ4v) is 2.63. The number of hydrogen-bond acceptors (Lipinski definition) is 2. The molecule has 0 spiro atoms. The van der Waals surface area contributed by atoms with Gasteiger partial charge in [-0.05, 0) is 19.3 Å². The standard InChI is InChI=1S/C19H38O3/c1-2-3-4-5-6-7-8-9-10-11-12-14-17-22-18-15-13-16-19(20)21/h2-18H2,1H3,(H,20,21). The first-order valence-electron chi connectivity index (χ1n) is 9.57. The molecule has 0 radical (unpaired) electrons. The van der Waals surface area contributed by atoms with Gasteiger partial charge in [0.05, 0.1) is 0 Å². The topological polar surface area (TPSA) is 46.5 Å². The third-order valence-corrected chi connectivity index (χ3v) is 4.07. The Balaban J connectivity index is 2.95. The minimum atomic E-state index is -0.707. The predicted molar refractivity (Wildman–Crippen MR) is 93.4 cm³/mol. The van der Waals surface area contributed by atoms with Crippen molar-refractivity contribution in [3.63, 3.8) is 0 Å². The zero-order valence-corrected chi connectivity index (χ0v) is 14.8. The molecule has 0 amide bonds. The van der Waals surface area contributed by atoms with E-state index in [0.717, 1.165) is 25.9 Å². The highest BCUT2D eigenvalue weighted by molar-refractivity contribution is 5.66. The molecule has 1 N–H and O–H groups in total. The van der Waals surface area contributed by atoms with E-state index < -0.39 is 5.97 Å². The Morgan fingerprint density at radius 3 is 1.55 bits per heavy atom. The number of carbonyl (C=O) groups is 1. The fraction of sp³-hybridized carbons (Fsp3) is 0.947. The zero-order chi connectivity index (χ0) is 16.3. The summed E-state index contributed by atoms with van der Waals surface area (Å²) >= 11 is 0. The van der Waals surface area contributed by atoms with E-state index >= 15 is 0 Å². The molecule has 0 saturated heterocycles. The number of ether oxygens (including phenoxy) is 1. The highest BCUT2D eigenvalue weighted by Gasteiger charge is 1.97. The van der Waals surface area contributed by atoms with Gasteiger partial charge in [0.1, 0.15) is 0 Å². The lowest BCUT2D eigenvalue weighted by Crippen LogP contribution is -1.99. The Hall–Kier alpha value is -0.570. The minimum Gasteiger partial charge on any atom is -0.481 e. The summed E-state index contributed by atoms with van der Waals surface area (Å²) in [6, 6.07) is 0. The Bertz CT molecular complexity index is 229. The Labute approximate surface area is 137 Å². The van der Waals surface area contributed by atoms with Gasteiger partial charge in [0.25, 0.3) is 0 Å². The van der Waals surface area contributed by atoms with Crippen molar-refractivity contribution in [2.75, 3.05) is 13.2 Å². The summed E-state index contributed by atoms with van der Waals surface area (Å²) in [5, 5.41) is 8.50. The van der Waals surface area contributed by atoms with Gasteiger partial charge in [-0.15, -0.1) is 0 Å². The van der Waals surface area contributed by atoms with Crippen LogP contribution < -0.4 is 0 Å². The second-order valence-electron chi connectivity index (χ2n) is 6.35. The molecular formula is C19H38O3. The largest absolute Gasteiger partial charge is 0.481 e. The number of rotatable bonds is 18. The zero-order valence-electron chi connectivity index (χ0n) is 14.8. The number of hydrogen-bond donors (Lipinski definition) is 1. The van der Waals surface area contributed by atoms with Crippen LogP contribution in [0.3, 0.4) is 0 Å². The van der Waals surface area contributed by atoms with Crippen molar-refractivity contribution >= 4 is 5.97 Å². The average Bonchev–Trinajstić information content (AvgIpc) is 2.50. The first-order valence-corrected chi connectivity index (χ1v) is 9.57. The summed E-state index contributed by atoms with van der Waals surface area (Å²) < 4.78 is 5.51. The van der Waals surface area contributed by atoms with Gasteiger partial charge in [-0.1, -0.05) is 77.6 Å². The van der Waals surface area contributed by atoms with Crippen LogP contribution >= 0.6 is 0 Å². The van der Waals surface area contributed by atoms with Crippen LogP contribution in [0.1, 0.15) is 103 Å². The minimum absolute atomic E-state index is 0.266. The summed E-state index contributed by atoms with van der Waals surface area (Å²) in [6.45, 7) is 3.82. The monoisotopic (exact) mass is 314 g/mol. The lowest BCUT2D eigenvalue weighted by atomic mass is 10.1. The van der Waals surface area contributed by atoms with E-state index in [2.05, 4.69) is 6.92 Å². The molecule has 0 saturated carbocycles. The van der Waals surface area contributed by atoms with E-state index in [-0.39, 0.29) is 6.42 Å².